The van der Waals surface area contributed by atoms with E-state index in [2.05, 4.69) is 31.1 Å². The van der Waals surface area contributed by atoms with Gasteiger partial charge in [-0.15, -0.1) is 11.3 Å². The maximum atomic E-state index is 6.93. The molecular weight excluding hydrogens is 412 g/mol. The van der Waals surface area contributed by atoms with Crippen molar-refractivity contribution < 1.29 is 4.42 Å². The minimum atomic E-state index is -0.193. The molecule has 3 rings (SSSR count). The molecule has 0 aliphatic heterocycles. The molecule has 0 spiro atoms. The first kappa shape index (κ1) is 17.2. The second-order valence-electron chi connectivity index (χ2n) is 5.25. The first-order chi connectivity index (χ1) is 11.6. The van der Waals surface area contributed by atoms with Gasteiger partial charge < -0.3 is 20.3 Å². The first-order valence-electron chi connectivity index (χ1n) is 7.21. The van der Waals surface area contributed by atoms with Gasteiger partial charge in [-0.05, 0) is 28.1 Å². The number of rotatable bonds is 6. The lowest BCUT2D eigenvalue weighted by molar-refractivity contribution is 0.518. The van der Waals surface area contributed by atoms with Crippen molar-refractivity contribution in [2.45, 2.75) is 19.0 Å². The zero-order valence-corrected chi connectivity index (χ0v) is 15.7. The second-order valence-corrected chi connectivity index (χ2v) is 7.53. The number of anilines is 1. The average Bonchev–Trinajstić information content (AvgIpc) is 3.15. The van der Waals surface area contributed by atoms with E-state index in [0.29, 0.717) is 24.7 Å². The van der Waals surface area contributed by atoms with E-state index in [1.54, 1.807) is 23.7 Å². The van der Waals surface area contributed by atoms with E-state index in [1.807, 2.05) is 12.1 Å². The Bertz CT molecular complexity index is 888. The number of thiophene rings is 1. The van der Waals surface area contributed by atoms with Gasteiger partial charge in [0.1, 0.15) is 10.9 Å². The Morgan fingerprint density at radius 2 is 2.38 bits per heavy atom. The van der Waals surface area contributed by atoms with Gasteiger partial charge in [0.25, 0.3) is 0 Å². The Labute approximate surface area is 156 Å². The molecule has 0 radical (unpaired) electrons. The smallest absolute Gasteiger partial charge is 0.229 e. The average molecular weight is 426 g/mol. The monoisotopic (exact) mass is 424 g/mol. The van der Waals surface area contributed by atoms with Gasteiger partial charge >= 0.3 is 0 Å². The Morgan fingerprint density at radius 3 is 3.08 bits per heavy atom. The largest absolute Gasteiger partial charge is 0.467 e. The molecule has 3 N–H and O–H groups in total. The highest BCUT2D eigenvalue weighted by Crippen LogP contribution is 2.40. The van der Waals surface area contributed by atoms with Crippen LogP contribution in [0.25, 0.3) is 15.1 Å². The Morgan fingerprint density at radius 1 is 1.54 bits per heavy atom. The first-order valence-corrected chi connectivity index (χ1v) is 9.19. The van der Waals surface area contributed by atoms with E-state index >= 15 is 0 Å². The van der Waals surface area contributed by atoms with Gasteiger partial charge in [-0.3, -0.25) is 0 Å². The van der Waals surface area contributed by atoms with Crippen molar-refractivity contribution in [3.05, 3.63) is 56.1 Å². The van der Waals surface area contributed by atoms with Crippen molar-refractivity contribution in [2.75, 3.05) is 11.9 Å². The molecule has 0 saturated heterocycles. The molecule has 0 bridgehead atoms. The molecule has 0 aliphatic rings. The Kier molecular flexibility index (Phi) is 5.41. The molecule has 124 valence electrons. The molecule has 5 nitrogen and oxygen atoms in total. The number of hydrogen-bond donors (Lipinski definition) is 2. The zero-order chi connectivity index (χ0) is 17.1. The van der Waals surface area contributed by atoms with Crippen LogP contribution in [-0.2, 0) is 13.0 Å². The summed E-state index contributed by atoms with van der Waals surface area (Å²) in [7, 11) is 0. The van der Waals surface area contributed by atoms with Crippen LogP contribution >= 0.6 is 38.9 Å². The number of halogens is 2. The summed E-state index contributed by atoms with van der Waals surface area (Å²) in [5.41, 5.74) is 7.70. The van der Waals surface area contributed by atoms with Gasteiger partial charge in [-0.2, -0.15) is 0 Å². The molecule has 3 aromatic heterocycles. The van der Waals surface area contributed by atoms with Crippen LogP contribution in [0.5, 0.6) is 0 Å². The summed E-state index contributed by atoms with van der Waals surface area (Å²) in [5, 5.41) is 3.76. The van der Waals surface area contributed by atoms with Crippen LogP contribution in [0, 0.1) is 6.57 Å². The summed E-state index contributed by atoms with van der Waals surface area (Å²) in [6.45, 7) is 7.80. The summed E-state index contributed by atoms with van der Waals surface area (Å²) in [4.78, 5) is 8.85. The predicted octanol–water partition coefficient (Wildman–Crippen LogP) is 4.71. The van der Waals surface area contributed by atoms with Crippen molar-refractivity contribution in [1.29, 1.82) is 0 Å². The molecule has 24 heavy (non-hydrogen) atoms. The number of pyridine rings is 1. The van der Waals surface area contributed by atoms with Gasteiger partial charge in [0, 0.05) is 17.4 Å². The fourth-order valence-electron chi connectivity index (χ4n) is 2.33. The van der Waals surface area contributed by atoms with E-state index in [0.717, 1.165) is 31.0 Å². The Balaban J connectivity index is 1.92. The summed E-state index contributed by atoms with van der Waals surface area (Å²) in [6, 6.07) is 5.37. The molecule has 0 fully saturated rings. The number of hydrogen-bond acceptors (Lipinski definition) is 5. The van der Waals surface area contributed by atoms with Gasteiger partial charge in [-0.1, -0.05) is 11.6 Å². The number of nitrogens with zero attached hydrogens (tertiary/aromatic N) is 2. The number of nitrogens with one attached hydrogen (secondary N) is 1. The van der Waals surface area contributed by atoms with Crippen LogP contribution in [0.3, 0.4) is 0 Å². The maximum Gasteiger partial charge on any atom is 0.229 e. The normalized spacial score (nSPS) is 12.2. The Hall–Kier alpha value is -1.59. The van der Waals surface area contributed by atoms with Crippen molar-refractivity contribution in [3.63, 3.8) is 0 Å². The molecule has 8 heteroatoms. The highest BCUT2D eigenvalue weighted by Gasteiger charge is 2.18. The number of fused-ring (bicyclic) bond motifs is 1. The van der Waals surface area contributed by atoms with Gasteiger partial charge in [-0.25, -0.2) is 11.6 Å². The third-order valence-electron chi connectivity index (χ3n) is 3.43. The van der Waals surface area contributed by atoms with Crippen LogP contribution in [0.4, 0.5) is 5.69 Å². The van der Waals surface area contributed by atoms with Crippen LogP contribution in [0.15, 0.2) is 33.4 Å². The molecule has 3 heterocycles. The lowest BCUT2D eigenvalue weighted by atomic mass is 10.2. The lowest BCUT2D eigenvalue weighted by Gasteiger charge is -2.06. The topological polar surface area (TPSA) is 68.4 Å². The van der Waals surface area contributed by atoms with Crippen molar-refractivity contribution in [3.8, 4) is 0 Å². The van der Waals surface area contributed by atoms with E-state index in [-0.39, 0.29) is 6.04 Å². The van der Waals surface area contributed by atoms with Crippen molar-refractivity contribution >= 4 is 54.8 Å². The molecule has 0 unspecified atom stereocenters. The third kappa shape index (κ3) is 3.73. The van der Waals surface area contributed by atoms with Crippen LogP contribution < -0.4 is 11.1 Å². The zero-order valence-electron chi connectivity index (χ0n) is 12.6. The van der Waals surface area contributed by atoms with Crippen molar-refractivity contribution in [2.24, 2.45) is 5.73 Å². The molecule has 0 aliphatic carbocycles. The summed E-state index contributed by atoms with van der Waals surface area (Å²) < 4.78 is 7.24. The molecule has 0 amide bonds. The maximum absolute atomic E-state index is 6.93. The second kappa shape index (κ2) is 7.53. The molecular formula is C16H14BrClN4OS. The number of aromatic nitrogens is 1. The molecule has 3 aromatic rings. The molecule has 0 aromatic carbocycles. The minimum absolute atomic E-state index is 0.193. The molecule has 1 atom stereocenters. The minimum Gasteiger partial charge on any atom is -0.467 e. The van der Waals surface area contributed by atoms with Crippen LogP contribution in [-0.4, -0.2) is 17.6 Å². The lowest BCUT2D eigenvalue weighted by Crippen LogP contribution is -2.25. The van der Waals surface area contributed by atoms with E-state index < -0.39 is 0 Å². The van der Waals surface area contributed by atoms with E-state index in [1.165, 1.54) is 0 Å². The SMILES string of the molecule is [C-]#[N+]C[C@H](N)Cc1sc2c(NCc3ccco3)cc(Cl)nc2c1Br. The van der Waals surface area contributed by atoms with Gasteiger partial charge in [0.15, 0.2) is 0 Å². The van der Waals surface area contributed by atoms with Crippen LogP contribution in [0.1, 0.15) is 10.6 Å². The highest BCUT2D eigenvalue weighted by atomic mass is 79.9. The summed E-state index contributed by atoms with van der Waals surface area (Å²) in [5.74, 6) is 0.839. The van der Waals surface area contributed by atoms with Gasteiger partial charge in [0.2, 0.25) is 6.54 Å². The van der Waals surface area contributed by atoms with Gasteiger partial charge in [0.05, 0.1) is 39.2 Å². The van der Waals surface area contributed by atoms with Crippen LogP contribution in [0.2, 0.25) is 5.15 Å². The number of furan rings is 1. The fourth-order valence-corrected chi connectivity index (χ4v) is 4.56. The fraction of sp³-hybridized carbons (Fsp3) is 0.250. The summed E-state index contributed by atoms with van der Waals surface area (Å²) >= 11 is 11.4. The molecule has 0 saturated carbocycles. The van der Waals surface area contributed by atoms with E-state index in [9.17, 15) is 0 Å². The number of nitrogens with two attached hydrogens (primary N) is 1. The van der Waals surface area contributed by atoms with E-state index in [4.69, 9.17) is 28.3 Å². The predicted molar refractivity (Wildman–Crippen MR) is 102 cm³/mol. The highest BCUT2D eigenvalue weighted by molar-refractivity contribution is 9.10. The summed E-state index contributed by atoms with van der Waals surface area (Å²) in [6.07, 6.45) is 2.27. The quantitative estimate of drug-likeness (QED) is 0.443. The van der Waals surface area contributed by atoms with Crippen molar-refractivity contribution in [1.82, 2.24) is 4.98 Å². The third-order valence-corrected chi connectivity index (χ3v) is 5.97. The standard InChI is InChI=1S/C16H14BrClN4OS/c1-20-7-9(19)5-12-14(17)15-16(24-12)11(6-13(18)22-15)21-8-10-3-2-4-23-10/h2-4,6,9H,5,7-8,19H2,(H,21,22)/t9-/m1/s1.